The minimum absolute atomic E-state index is 0.113. The Hall–Kier alpha value is 0.137. The van der Waals surface area contributed by atoms with Crippen LogP contribution in [0.15, 0.2) is 0 Å². The minimum Gasteiger partial charge on any atom is -0.415 e. The van der Waals surface area contributed by atoms with Gasteiger partial charge in [-0.2, -0.15) is 0 Å². The van der Waals surface area contributed by atoms with E-state index in [1.807, 2.05) is 0 Å². The highest BCUT2D eigenvalue weighted by molar-refractivity contribution is 6.48. The van der Waals surface area contributed by atoms with Crippen molar-refractivity contribution in [3.63, 3.8) is 0 Å². The maximum absolute atomic E-state index is 9.22. The summed E-state index contributed by atoms with van der Waals surface area (Å²) in [6, 6.07) is 0. The Morgan fingerprint density at radius 2 is 2.13 bits per heavy atom. The summed E-state index contributed by atoms with van der Waals surface area (Å²) in [4.78, 5) is 0. The van der Waals surface area contributed by atoms with Gasteiger partial charge in [0.1, 0.15) is 0 Å². The number of hydrogen-bond acceptors (Lipinski definition) is 2. The van der Waals surface area contributed by atoms with Crippen molar-refractivity contribution in [2.45, 2.75) is 58.2 Å². The van der Waals surface area contributed by atoms with Crippen molar-refractivity contribution in [2.75, 3.05) is 6.61 Å². The monoisotopic (exact) mass is 230 g/mol. The molecule has 3 heteroatoms. The molecule has 1 saturated carbocycles. The van der Waals surface area contributed by atoms with Crippen molar-refractivity contribution in [1.29, 1.82) is 0 Å². The molecule has 0 radical (unpaired) electrons. The zero-order valence-corrected chi connectivity index (χ0v) is 11.8. The Bertz CT molecular complexity index is 182. The van der Waals surface area contributed by atoms with Crippen molar-refractivity contribution >= 4 is 9.04 Å². The molecule has 1 N–H and O–H groups in total. The van der Waals surface area contributed by atoms with Crippen LogP contribution in [0, 0.1) is 11.8 Å². The van der Waals surface area contributed by atoms with Crippen LogP contribution in [0.4, 0.5) is 0 Å². The first-order valence-electron chi connectivity index (χ1n) is 6.26. The fourth-order valence-electron chi connectivity index (χ4n) is 2.94. The van der Waals surface area contributed by atoms with Gasteiger partial charge in [0.15, 0.2) is 9.04 Å². The molecule has 90 valence electrons. The van der Waals surface area contributed by atoms with E-state index >= 15 is 0 Å². The normalized spacial score (nSPS) is 31.8. The van der Waals surface area contributed by atoms with Crippen molar-refractivity contribution < 1.29 is 9.53 Å². The molecule has 0 bridgehead atoms. The maximum atomic E-state index is 9.22. The molecule has 2 nitrogen and oxygen atoms in total. The second kappa shape index (κ2) is 5.46. The summed E-state index contributed by atoms with van der Waals surface area (Å²) < 4.78 is 6.27. The Labute approximate surface area is 95.8 Å². The lowest BCUT2D eigenvalue weighted by molar-refractivity contribution is 0.0450. The second-order valence-electron chi connectivity index (χ2n) is 5.74. The van der Waals surface area contributed by atoms with Gasteiger partial charge >= 0.3 is 0 Å². The van der Waals surface area contributed by atoms with Crippen molar-refractivity contribution in [2.24, 2.45) is 11.8 Å². The van der Waals surface area contributed by atoms with Crippen LogP contribution in [-0.4, -0.2) is 26.4 Å². The van der Waals surface area contributed by atoms with E-state index in [0.717, 1.165) is 25.7 Å². The lowest BCUT2D eigenvalue weighted by atomic mass is 9.90. The SMILES string of the molecule is CC(C)CC1(O[SiH](C)C)CC[C@H](CO)C1. The van der Waals surface area contributed by atoms with E-state index in [1.165, 1.54) is 0 Å². The Morgan fingerprint density at radius 3 is 2.53 bits per heavy atom. The Kier molecular flexibility index (Phi) is 4.81. The van der Waals surface area contributed by atoms with E-state index in [9.17, 15) is 5.11 Å². The molecule has 0 aromatic carbocycles. The average Bonchev–Trinajstić information content (AvgIpc) is 2.45. The molecule has 0 aromatic heterocycles. The smallest absolute Gasteiger partial charge is 0.171 e. The molecular weight excluding hydrogens is 204 g/mol. The van der Waals surface area contributed by atoms with Crippen molar-refractivity contribution in [1.82, 2.24) is 0 Å². The zero-order valence-electron chi connectivity index (χ0n) is 10.6. The second-order valence-corrected chi connectivity index (χ2v) is 8.07. The topological polar surface area (TPSA) is 29.5 Å². The molecule has 15 heavy (non-hydrogen) atoms. The van der Waals surface area contributed by atoms with Crippen LogP contribution in [0.25, 0.3) is 0 Å². The molecule has 1 fully saturated rings. The van der Waals surface area contributed by atoms with Gasteiger partial charge in [-0.25, -0.2) is 0 Å². The fourth-order valence-corrected chi connectivity index (χ4v) is 4.25. The third-order valence-corrected chi connectivity index (χ3v) is 4.16. The van der Waals surface area contributed by atoms with Crippen LogP contribution in [0.3, 0.4) is 0 Å². The molecule has 0 aromatic rings. The fraction of sp³-hybridized carbons (Fsp3) is 1.00. The Balaban J connectivity index is 2.61. The molecular formula is C12H26O2Si. The van der Waals surface area contributed by atoms with Gasteiger partial charge in [-0.05, 0) is 50.6 Å². The lowest BCUT2D eigenvalue weighted by Crippen LogP contribution is -2.36. The summed E-state index contributed by atoms with van der Waals surface area (Å²) in [6.45, 7) is 9.35. The summed E-state index contributed by atoms with van der Waals surface area (Å²) in [5, 5.41) is 9.22. The third kappa shape index (κ3) is 3.89. The molecule has 0 aliphatic heterocycles. The van der Waals surface area contributed by atoms with Gasteiger partial charge in [-0.1, -0.05) is 13.8 Å². The summed E-state index contributed by atoms with van der Waals surface area (Å²) in [5.74, 6) is 1.17. The molecule has 1 aliphatic carbocycles. The van der Waals surface area contributed by atoms with Crippen molar-refractivity contribution in [3.05, 3.63) is 0 Å². The van der Waals surface area contributed by atoms with Crippen LogP contribution in [0.5, 0.6) is 0 Å². The summed E-state index contributed by atoms with van der Waals surface area (Å²) in [5.41, 5.74) is 0.113. The third-order valence-electron chi connectivity index (χ3n) is 3.19. The van der Waals surface area contributed by atoms with Crippen LogP contribution >= 0.6 is 0 Å². The van der Waals surface area contributed by atoms with Gasteiger partial charge < -0.3 is 9.53 Å². The van der Waals surface area contributed by atoms with E-state index in [0.29, 0.717) is 18.4 Å². The van der Waals surface area contributed by atoms with Gasteiger partial charge in [-0.3, -0.25) is 0 Å². The van der Waals surface area contributed by atoms with Crippen LogP contribution < -0.4 is 0 Å². The number of aliphatic hydroxyl groups excluding tert-OH is 1. The largest absolute Gasteiger partial charge is 0.415 e. The maximum Gasteiger partial charge on any atom is 0.171 e. The summed E-state index contributed by atoms with van der Waals surface area (Å²) in [6.07, 6.45) is 4.54. The number of aliphatic hydroxyl groups is 1. The average molecular weight is 230 g/mol. The molecule has 0 spiro atoms. The molecule has 2 atom stereocenters. The van der Waals surface area contributed by atoms with Gasteiger partial charge in [0.05, 0.1) is 5.60 Å². The first-order valence-corrected chi connectivity index (χ1v) is 9.04. The van der Waals surface area contributed by atoms with E-state index in [4.69, 9.17) is 4.43 Å². The molecule has 1 rings (SSSR count). The van der Waals surface area contributed by atoms with Gasteiger partial charge in [0.2, 0.25) is 0 Å². The number of hydrogen-bond donors (Lipinski definition) is 1. The first kappa shape index (κ1) is 13.2. The molecule has 1 aliphatic rings. The predicted molar refractivity (Wildman–Crippen MR) is 66.6 cm³/mol. The zero-order chi connectivity index (χ0) is 11.5. The number of rotatable bonds is 5. The van der Waals surface area contributed by atoms with Crippen LogP contribution in [-0.2, 0) is 4.43 Å². The van der Waals surface area contributed by atoms with Crippen LogP contribution in [0.2, 0.25) is 13.1 Å². The highest BCUT2D eigenvalue weighted by Crippen LogP contribution is 2.41. The van der Waals surface area contributed by atoms with E-state index in [1.54, 1.807) is 0 Å². The minimum atomic E-state index is -0.970. The molecule has 0 amide bonds. The highest BCUT2D eigenvalue weighted by atomic mass is 28.3. The first-order chi connectivity index (χ1) is 6.97. The quantitative estimate of drug-likeness (QED) is 0.736. The van der Waals surface area contributed by atoms with Crippen molar-refractivity contribution in [3.8, 4) is 0 Å². The van der Waals surface area contributed by atoms with E-state index in [-0.39, 0.29) is 5.60 Å². The predicted octanol–water partition coefficient (Wildman–Crippen LogP) is 2.56. The lowest BCUT2D eigenvalue weighted by Gasteiger charge is -2.34. The van der Waals surface area contributed by atoms with Gasteiger partial charge in [-0.15, -0.1) is 0 Å². The van der Waals surface area contributed by atoms with E-state index in [2.05, 4.69) is 26.9 Å². The molecule has 1 unspecified atom stereocenters. The van der Waals surface area contributed by atoms with Crippen LogP contribution in [0.1, 0.15) is 39.5 Å². The van der Waals surface area contributed by atoms with E-state index < -0.39 is 9.04 Å². The van der Waals surface area contributed by atoms with Gasteiger partial charge in [0.25, 0.3) is 0 Å². The molecule has 0 saturated heterocycles. The Morgan fingerprint density at radius 1 is 1.47 bits per heavy atom. The highest BCUT2D eigenvalue weighted by Gasteiger charge is 2.40. The summed E-state index contributed by atoms with van der Waals surface area (Å²) >= 11 is 0. The standard InChI is InChI=1S/C12H26O2Si/c1-10(2)7-12(14-15(3)4)6-5-11(8-12)9-13/h10-11,13,15H,5-9H2,1-4H3/t11-,12?/m0/s1. The van der Waals surface area contributed by atoms with Gasteiger partial charge in [0, 0.05) is 6.61 Å². The summed E-state index contributed by atoms with van der Waals surface area (Å²) in [7, 11) is -0.970. The molecule has 0 heterocycles.